The Morgan fingerprint density at radius 3 is 2.12 bits per heavy atom. The molecular weight excluding hydrogens is 325 g/mol. The predicted molar refractivity (Wildman–Crippen MR) is 82.7 cm³/mol. The van der Waals surface area contributed by atoms with Gasteiger partial charge < -0.3 is 14.5 Å². The molecule has 8 heteroatoms. The van der Waals surface area contributed by atoms with Gasteiger partial charge >= 0.3 is 6.18 Å². The zero-order chi connectivity index (χ0) is 18.5. The maximum absolute atomic E-state index is 12.7. The third-order valence-electron chi connectivity index (χ3n) is 3.49. The average Bonchev–Trinajstić information content (AvgIpc) is 2.51. The van der Waals surface area contributed by atoms with Crippen LogP contribution in [-0.4, -0.2) is 62.1 Å². The summed E-state index contributed by atoms with van der Waals surface area (Å²) in [6, 6.07) is 6.47. The van der Waals surface area contributed by atoms with E-state index in [-0.39, 0.29) is 0 Å². The Balaban J connectivity index is 2.97. The Bertz CT molecular complexity index is 571. The third kappa shape index (κ3) is 5.75. The molecule has 0 unspecified atom stereocenters. The van der Waals surface area contributed by atoms with Gasteiger partial charge in [-0.15, -0.1) is 0 Å². The van der Waals surface area contributed by atoms with Crippen LogP contribution in [0.3, 0.4) is 0 Å². The van der Waals surface area contributed by atoms with Crippen molar-refractivity contribution in [1.29, 1.82) is 0 Å². The first-order valence-corrected chi connectivity index (χ1v) is 7.24. The van der Waals surface area contributed by atoms with Crippen LogP contribution in [-0.2, 0) is 9.59 Å². The summed E-state index contributed by atoms with van der Waals surface area (Å²) in [6.45, 7) is -0.578. The predicted octanol–water partition coefficient (Wildman–Crippen LogP) is 2.28. The van der Waals surface area contributed by atoms with Crippen LogP contribution >= 0.6 is 0 Å². The van der Waals surface area contributed by atoms with Gasteiger partial charge in [0.1, 0.15) is 18.8 Å². The van der Waals surface area contributed by atoms with Crippen molar-refractivity contribution < 1.29 is 27.5 Å². The first kappa shape index (κ1) is 19.8. The van der Waals surface area contributed by atoms with E-state index in [4.69, 9.17) is 4.74 Å². The van der Waals surface area contributed by atoms with E-state index >= 15 is 0 Å². The van der Waals surface area contributed by atoms with Gasteiger partial charge in [-0.05, 0) is 24.6 Å². The lowest BCUT2D eigenvalue weighted by Crippen LogP contribution is -2.46. The molecule has 0 N–H and O–H groups in total. The van der Waals surface area contributed by atoms with Crippen molar-refractivity contribution in [3.8, 4) is 5.75 Å². The van der Waals surface area contributed by atoms with Crippen molar-refractivity contribution in [3.05, 3.63) is 29.8 Å². The van der Waals surface area contributed by atoms with Gasteiger partial charge in [-0.2, -0.15) is 13.2 Å². The largest absolute Gasteiger partial charge is 0.497 e. The first-order chi connectivity index (χ1) is 11.0. The number of methoxy groups -OCH3 is 1. The van der Waals surface area contributed by atoms with Crippen LogP contribution in [0.5, 0.6) is 5.75 Å². The first-order valence-electron chi connectivity index (χ1n) is 7.24. The molecule has 5 nitrogen and oxygen atoms in total. The second-order valence-corrected chi connectivity index (χ2v) is 5.59. The minimum Gasteiger partial charge on any atom is -0.497 e. The number of hydrogen-bond donors (Lipinski definition) is 0. The normalized spacial score (nSPS) is 12.5. The van der Waals surface area contributed by atoms with Crippen molar-refractivity contribution in [1.82, 2.24) is 9.80 Å². The van der Waals surface area contributed by atoms with Gasteiger partial charge in [0.05, 0.1) is 13.0 Å². The van der Waals surface area contributed by atoms with Gasteiger partial charge in [-0.25, -0.2) is 0 Å². The number of amides is 2. The molecule has 0 saturated carbocycles. The van der Waals surface area contributed by atoms with E-state index in [2.05, 4.69) is 0 Å². The highest BCUT2D eigenvalue weighted by atomic mass is 19.4. The number of rotatable bonds is 6. The fraction of sp³-hybridized carbons (Fsp3) is 0.500. The molecule has 0 bridgehead atoms. The van der Waals surface area contributed by atoms with E-state index in [1.54, 1.807) is 24.3 Å². The lowest BCUT2D eigenvalue weighted by Gasteiger charge is -2.27. The Kier molecular flexibility index (Phi) is 6.62. The number of carbonyl (C=O) groups is 2. The number of hydrogen-bond acceptors (Lipinski definition) is 3. The molecule has 0 spiro atoms. The minimum absolute atomic E-state index is 0.539. The van der Waals surface area contributed by atoms with Gasteiger partial charge in [0.2, 0.25) is 11.8 Å². The molecule has 1 aromatic carbocycles. The van der Waals surface area contributed by atoms with E-state index in [1.807, 2.05) is 0 Å². The van der Waals surface area contributed by atoms with Crippen LogP contribution in [0, 0.1) is 0 Å². The topological polar surface area (TPSA) is 49.9 Å². The Labute approximate surface area is 139 Å². The molecule has 0 saturated heterocycles. The third-order valence-corrected chi connectivity index (χ3v) is 3.49. The van der Waals surface area contributed by atoms with E-state index < -0.39 is 37.0 Å². The molecule has 0 radical (unpaired) electrons. The number of nitrogens with zero attached hydrogens (tertiary/aromatic N) is 2. The van der Waals surface area contributed by atoms with E-state index in [0.29, 0.717) is 16.2 Å². The maximum Gasteiger partial charge on any atom is 0.406 e. The Morgan fingerprint density at radius 2 is 1.71 bits per heavy atom. The molecule has 24 heavy (non-hydrogen) atoms. The summed E-state index contributed by atoms with van der Waals surface area (Å²) >= 11 is 0. The highest BCUT2D eigenvalue weighted by Gasteiger charge is 2.35. The number of ether oxygens (including phenoxy) is 1. The van der Waals surface area contributed by atoms with E-state index in [9.17, 15) is 22.8 Å². The molecule has 1 atom stereocenters. The highest BCUT2D eigenvalue weighted by Crippen LogP contribution is 2.24. The molecule has 1 rings (SSSR count). The lowest BCUT2D eigenvalue weighted by molar-refractivity contribution is -0.164. The highest BCUT2D eigenvalue weighted by molar-refractivity contribution is 5.88. The van der Waals surface area contributed by atoms with Crippen molar-refractivity contribution in [2.24, 2.45) is 0 Å². The zero-order valence-corrected chi connectivity index (χ0v) is 14.1. The van der Waals surface area contributed by atoms with Crippen LogP contribution in [0.1, 0.15) is 18.4 Å². The van der Waals surface area contributed by atoms with Crippen LogP contribution in [0.4, 0.5) is 13.2 Å². The molecule has 2 amide bonds. The summed E-state index contributed by atoms with van der Waals surface area (Å²) < 4.78 is 43.2. The van der Waals surface area contributed by atoms with Crippen LogP contribution in [0.25, 0.3) is 0 Å². The summed E-state index contributed by atoms with van der Waals surface area (Å²) in [5, 5.41) is 0. The fourth-order valence-corrected chi connectivity index (χ4v) is 2.04. The average molecular weight is 346 g/mol. The van der Waals surface area contributed by atoms with Crippen molar-refractivity contribution in [3.63, 3.8) is 0 Å². The second-order valence-electron chi connectivity index (χ2n) is 5.59. The summed E-state index contributed by atoms with van der Waals surface area (Å²) in [7, 11) is 4.33. The quantitative estimate of drug-likeness (QED) is 0.794. The fourth-order valence-electron chi connectivity index (χ4n) is 2.04. The molecule has 0 fully saturated rings. The minimum atomic E-state index is -4.58. The Morgan fingerprint density at radius 1 is 1.17 bits per heavy atom. The van der Waals surface area contributed by atoms with Crippen LogP contribution < -0.4 is 4.74 Å². The van der Waals surface area contributed by atoms with Crippen molar-refractivity contribution in [2.75, 3.05) is 34.3 Å². The molecule has 134 valence electrons. The summed E-state index contributed by atoms with van der Waals surface area (Å²) in [5.41, 5.74) is 0.547. The molecule has 0 aliphatic carbocycles. The standard InChI is InChI=1S/C16H21F3N2O3/c1-11(12-5-7-13(24-4)8-6-12)15(23)21(10-16(17,18)19)9-14(22)20(2)3/h5-8,11H,9-10H2,1-4H3/t11-/m0/s1. The van der Waals surface area contributed by atoms with E-state index in [0.717, 1.165) is 4.90 Å². The van der Waals surface area contributed by atoms with E-state index in [1.165, 1.54) is 28.1 Å². The van der Waals surface area contributed by atoms with Crippen molar-refractivity contribution in [2.45, 2.75) is 19.0 Å². The van der Waals surface area contributed by atoms with Crippen molar-refractivity contribution >= 4 is 11.8 Å². The molecule has 0 aliphatic rings. The number of benzene rings is 1. The summed E-state index contributed by atoms with van der Waals surface area (Å²) in [4.78, 5) is 25.9. The monoisotopic (exact) mass is 346 g/mol. The molecule has 0 aromatic heterocycles. The van der Waals surface area contributed by atoms with Crippen LogP contribution in [0.15, 0.2) is 24.3 Å². The SMILES string of the molecule is COc1ccc([C@H](C)C(=O)N(CC(=O)N(C)C)CC(F)(F)F)cc1. The summed E-state index contributed by atoms with van der Waals surface area (Å²) in [6.07, 6.45) is -4.58. The maximum atomic E-state index is 12.7. The second kappa shape index (κ2) is 8.03. The van der Waals surface area contributed by atoms with Gasteiger partial charge in [0.15, 0.2) is 0 Å². The molecule has 0 aliphatic heterocycles. The molecular formula is C16H21F3N2O3. The number of carbonyl (C=O) groups excluding carboxylic acids is 2. The number of likely N-dealkylation sites (N-methyl/N-ethyl adjacent to an activating group) is 1. The number of alkyl halides is 3. The smallest absolute Gasteiger partial charge is 0.406 e. The van der Waals surface area contributed by atoms with Gasteiger partial charge in [0, 0.05) is 14.1 Å². The molecule has 1 aromatic rings. The van der Waals surface area contributed by atoms with Gasteiger partial charge in [-0.3, -0.25) is 9.59 Å². The number of halogens is 3. The summed E-state index contributed by atoms with van der Waals surface area (Å²) in [5.74, 6) is -1.57. The zero-order valence-electron chi connectivity index (χ0n) is 14.1. The lowest BCUT2D eigenvalue weighted by atomic mass is 9.99. The van der Waals surface area contributed by atoms with Gasteiger partial charge in [0.25, 0.3) is 0 Å². The van der Waals surface area contributed by atoms with Gasteiger partial charge in [-0.1, -0.05) is 12.1 Å². The van der Waals surface area contributed by atoms with Crippen LogP contribution in [0.2, 0.25) is 0 Å². The Hall–Kier alpha value is -2.25. The molecule has 0 heterocycles.